The Labute approximate surface area is 73.5 Å². The Hall–Kier alpha value is -0.570. The van der Waals surface area contributed by atoms with Crippen molar-refractivity contribution in [3.63, 3.8) is 0 Å². The van der Waals surface area contributed by atoms with E-state index in [0.29, 0.717) is 12.3 Å². The lowest BCUT2D eigenvalue weighted by atomic mass is 9.95. The fourth-order valence-electron chi connectivity index (χ4n) is 1.97. The molecule has 0 aromatic heterocycles. The van der Waals surface area contributed by atoms with Crippen LogP contribution in [0, 0.1) is 5.92 Å². The van der Waals surface area contributed by atoms with Gasteiger partial charge in [0.2, 0.25) is 5.91 Å². The molecule has 70 valence electrons. The number of nitrogens with two attached hydrogens (primary N) is 2. The molecule has 4 N–H and O–H groups in total. The molecule has 3 nitrogen and oxygen atoms in total. The van der Waals surface area contributed by atoms with Gasteiger partial charge in [-0.05, 0) is 25.2 Å². The zero-order valence-corrected chi connectivity index (χ0v) is 7.46. The molecule has 1 fully saturated rings. The average molecular weight is 170 g/mol. The molecule has 0 spiro atoms. The van der Waals surface area contributed by atoms with E-state index in [9.17, 15) is 4.79 Å². The van der Waals surface area contributed by atoms with Gasteiger partial charge in [-0.3, -0.25) is 4.79 Å². The van der Waals surface area contributed by atoms with Gasteiger partial charge in [0.05, 0.1) is 0 Å². The Kier molecular flexibility index (Phi) is 3.53. The number of hydrogen-bond donors (Lipinski definition) is 2. The summed E-state index contributed by atoms with van der Waals surface area (Å²) >= 11 is 0. The maximum Gasteiger partial charge on any atom is 0.217 e. The van der Waals surface area contributed by atoms with Gasteiger partial charge in [0, 0.05) is 12.5 Å². The van der Waals surface area contributed by atoms with Crippen LogP contribution in [0.15, 0.2) is 0 Å². The van der Waals surface area contributed by atoms with Gasteiger partial charge in [-0.1, -0.05) is 12.8 Å². The van der Waals surface area contributed by atoms with Gasteiger partial charge in [-0.15, -0.1) is 0 Å². The molecule has 0 aromatic rings. The molecule has 1 rings (SSSR count). The average Bonchev–Trinajstić information content (AvgIpc) is 2.12. The van der Waals surface area contributed by atoms with E-state index in [2.05, 4.69) is 0 Å². The lowest BCUT2D eigenvalue weighted by molar-refractivity contribution is -0.119. The Morgan fingerprint density at radius 2 is 2.00 bits per heavy atom. The molecule has 1 aliphatic carbocycles. The van der Waals surface area contributed by atoms with Crippen molar-refractivity contribution in [1.82, 2.24) is 0 Å². The SMILES string of the molecule is NC(=O)CC1CCCCC(N)C1. The number of hydrogen-bond acceptors (Lipinski definition) is 2. The summed E-state index contributed by atoms with van der Waals surface area (Å²) < 4.78 is 0. The molecular formula is C9H18N2O. The molecule has 12 heavy (non-hydrogen) atoms. The summed E-state index contributed by atoms with van der Waals surface area (Å²) in [6.07, 6.45) is 6.13. The first-order valence-corrected chi connectivity index (χ1v) is 4.72. The summed E-state index contributed by atoms with van der Waals surface area (Å²) in [5.41, 5.74) is 11.0. The highest BCUT2D eigenvalue weighted by molar-refractivity contribution is 5.73. The Morgan fingerprint density at radius 3 is 2.67 bits per heavy atom. The van der Waals surface area contributed by atoms with Crippen LogP contribution in [0.25, 0.3) is 0 Å². The Morgan fingerprint density at radius 1 is 1.33 bits per heavy atom. The zero-order valence-electron chi connectivity index (χ0n) is 7.46. The minimum absolute atomic E-state index is 0.186. The molecule has 1 amide bonds. The van der Waals surface area contributed by atoms with E-state index in [-0.39, 0.29) is 11.9 Å². The highest BCUT2D eigenvalue weighted by Crippen LogP contribution is 2.24. The molecule has 0 aliphatic heterocycles. The molecule has 3 heteroatoms. The Balaban J connectivity index is 2.35. The first kappa shape index (κ1) is 9.52. The fourth-order valence-corrected chi connectivity index (χ4v) is 1.97. The molecule has 0 bridgehead atoms. The first-order chi connectivity index (χ1) is 5.68. The zero-order chi connectivity index (χ0) is 8.97. The van der Waals surface area contributed by atoms with Gasteiger partial charge < -0.3 is 11.5 Å². The second-order valence-electron chi connectivity index (χ2n) is 3.82. The van der Waals surface area contributed by atoms with Crippen LogP contribution in [0.1, 0.15) is 38.5 Å². The highest BCUT2D eigenvalue weighted by atomic mass is 16.1. The standard InChI is InChI=1S/C9H18N2O/c10-8-4-2-1-3-7(5-8)6-9(11)12/h7-8H,1-6,10H2,(H2,11,12). The predicted octanol–water partition coefficient (Wildman–Crippen LogP) is 0.769. The molecule has 1 aliphatic rings. The molecule has 1 saturated carbocycles. The van der Waals surface area contributed by atoms with E-state index in [4.69, 9.17) is 11.5 Å². The van der Waals surface area contributed by atoms with E-state index in [1.807, 2.05) is 0 Å². The largest absolute Gasteiger partial charge is 0.370 e. The van der Waals surface area contributed by atoms with Crippen molar-refractivity contribution >= 4 is 5.91 Å². The number of amides is 1. The minimum atomic E-state index is -0.186. The van der Waals surface area contributed by atoms with Crippen molar-refractivity contribution in [3.05, 3.63) is 0 Å². The van der Waals surface area contributed by atoms with Crippen LogP contribution in [-0.2, 0) is 4.79 Å². The molecule has 2 unspecified atom stereocenters. The molecule has 0 radical (unpaired) electrons. The van der Waals surface area contributed by atoms with Crippen LogP contribution >= 0.6 is 0 Å². The van der Waals surface area contributed by atoms with Crippen molar-refractivity contribution in [2.75, 3.05) is 0 Å². The third-order valence-electron chi connectivity index (χ3n) is 2.56. The van der Waals surface area contributed by atoms with Crippen LogP contribution in [0.4, 0.5) is 0 Å². The summed E-state index contributed by atoms with van der Waals surface area (Å²) in [4.78, 5) is 10.7. The lowest BCUT2D eigenvalue weighted by Crippen LogP contribution is -2.24. The Bertz CT molecular complexity index is 159. The summed E-state index contributed by atoms with van der Waals surface area (Å²) in [6.45, 7) is 0. The summed E-state index contributed by atoms with van der Waals surface area (Å²) in [5, 5.41) is 0. The molecule has 0 heterocycles. The highest BCUT2D eigenvalue weighted by Gasteiger charge is 2.18. The minimum Gasteiger partial charge on any atom is -0.370 e. The maximum atomic E-state index is 10.7. The van der Waals surface area contributed by atoms with Crippen molar-refractivity contribution in [1.29, 1.82) is 0 Å². The number of carbonyl (C=O) groups is 1. The second kappa shape index (κ2) is 4.45. The van der Waals surface area contributed by atoms with E-state index in [1.165, 1.54) is 12.8 Å². The van der Waals surface area contributed by atoms with Gasteiger partial charge in [0.25, 0.3) is 0 Å². The summed E-state index contributed by atoms with van der Waals surface area (Å²) in [6, 6.07) is 0.289. The molecule has 2 atom stereocenters. The van der Waals surface area contributed by atoms with E-state index in [1.54, 1.807) is 0 Å². The quantitative estimate of drug-likeness (QED) is 0.601. The predicted molar refractivity (Wildman–Crippen MR) is 48.4 cm³/mol. The summed E-state index contributed by atoms with van der Waals surface area (Å²) in [5.74, 6) is 0.258. The van der Waals surface area contributed by atoms with Gasteiger partial charge in [0.15, 0.2) is 0 Å². The molecule has 0 saturated heterocycles. The van der Waals surface area contributed by atoms with Crippen LogP contribution in [0.3, 0.4) is 0 Å². The lowest BCUT2D eigenvalue weighted by Gasteiger charge is -2.14. The summed E-state index contributed by atoms with van der Waals surface area (Å²) in [7, 11) is 0. The number of carbonyl (C=O) groups excluding carboxylic acids is 1. The van der Waals surface area contributed by atoms with Crippen molar-refractivity contribution in [3.8, 4) is 0 Å². The normalized spacial score (nSPS) is 31.1. The molecule has 0 aromatic carbocycles. The van der Waals surface area contributed by atoms with E-state index < -0.39 is 0 Å². The second-order valence-corrected chi connectivity index (χ2v) is 3.82. The van der Waals surface area contributed by atoms with Crippen LogP contribution < -0.4 is 11.5 Å². The molecular weight excluding hydrogens is 152 g/mol. The first-order valence-electron chi connectivity index (χ1n) is 4.72. The number of primary amides is 1. The smallest absolute Gasteiger partial charge is 0.217 e. The third kappa shape index (κ3) is 3.22. The van der Waals surface area contributed by atoms with Crippen LogP contribution in [0.5, 0.6) is 0 Å². The van der Waals surface area contributed by atoms with Crippen LogP contribution in [-0.4, -0.2) is 11.9 Å². The van der Waals surface area contributed by atoms with E-state index in [0.717, 1.165) is 19.3 Å². The monoisotopic (exact) mass is 170 g/mol. The third-order valence-corrected chi connectivity index (χ3v) is 2.56. The maximum absolute atomic E-state index is 10.7. The van der Waals surface area contributed by atoms with Crippen molar-refractivity contribution < 1.29 is 4.79 Å². The van der Waals surface area contributed by atoms with Gasteiger partial charge in [-0.2, -0.15) is 0 Å². The van der Waals surface area contributed by atoms with Gasteiger partial charge >= 0.3 is 0 Å². The van der Waals surface area contributed by atoms with Gasteiger partial charge in [0.1, 0.15) is 0 Å². The van der Waals surface area contributed by atoms with Crippen molar-refractivity contribution in [2.45, 2.75) is 44.6 Å². The fraction of sp³-hybridized carbons (Fsp3) is 0.889. The number of rotatable bonds is 2. The van der Waals surface area contributed by atoms with Crippen LogP contribution in [0.2, 0.25) is 0 Å². The topological polar surface area (TPSA) is 69.1 Å². The van der Waals surface area contributed by atoms with Crippen molar-refractivity contribution in [2.24, 2.45) is 17.4 Å². The van der Waals surface area contributed by atoms with Gasteiger partial charge in [-0.25, -0.2) is 0 Å². The van der Waals surface area contributed by atoms with E-state index >= 15 is 0 Å².